The molecule has 1 heterocycles. The zero-order chi connectivity index (χ0) is 12.4. The van der Waals surface area contributed by atoms with Crippen molar-refractivity contribution < 1.29 is 14.0 Å². The Kier molecular flexibility index (Phi) is 3.54. The van der Waals surface area contributed by atoms with Gasteiger partial charge in [0.1, 0.15) is 5.82 Å². The summed E-state index contributed by atoms with van der Waals surface area (Å²) in [5.74, 6) is -0.979. The fourth-order valence-electron chi connectivity index (χ4n) is 1.67. The Hall–Kier alpha value is -1.27. The summed E-state index contributed by atoms with van der Waals surface area (Å²) in [6.07, 6.45) is 0. The number of nitrogens with zero attached hydrogens (tertiary/aromatic N) is 1. The molecular weight excluding hydrogens is 291 g/mol. The van der Waals surface area contributed by atoms with Crippen molar-refractivity contribution >= 4 is 27.7 Å². The summed E-state index contributed by atoms with van der Waals surface area (Å²) < 4.78 is 13.7. The van der Waals surface area contributed by atoms with Gasteiger partial charge in [-0.05, 0) is 23.8 Å². The number of hydrogen-bond acceptors (Lipinski definition) is 3. The summed E-state index contributed by atoms with van der Waals surface area (Å²) in [4.78, 5) is 24.2. The molecule has 0 saturated carbocycles. The number of halogens is 2. The number of carbonyl (C=O) groups is 2. The summed E-state index contributed by atoms with van der Waals surface area (Å²) in [6, 6.07) is 4.32. The predicted molar refractivity (Wildman–Crippen MR) is 62.5 cm³/mol. The molecule has 6 heteroatoms. The fourth-order valence-corrected chi connectivity index (χ4v) is 2.18. The molecule has 1 aromatic carbocycles. The molecule has 1 aliphatic rings. The molecule has 2 rings (SSSR count). The summed E-state index contributed by atoms with van der Waals surface area (Å²) in [6.45, 7) is 0.389. The average Bonchev–Trinajstić information content (AvgIpc) is 2.22. The van der Waals surface area contributed by atoms with Crippen LogP contribution in [0.15, 0.2) is 22.7 Å². The van der Waals surface area contributed by atoms with Crippen LogP contribution in [0.3, 0.4) is 0 Å². The standard InChI is InChI=1S/C11H10BrFN2O2/c12-8-1-7(2-9(13)3-8)6-15-10(16)4-14-5-11(15)17/h1-3,14H,4-6H2. The first-order valence-electron chi connectivity index (χ1n) is 5.05. The van der Waals surface area contributed by atoms with E-state index >= 15 is 0 Å². The third kappa shape index (κ3) is 2.89. The topological polar surface area (TPSA) is 49.4 Å². The van der Waals surface area contributed by atoms with Crippen molar-refractivity contribution in [3.8, 4) is 0 Å². The second-order valence-corrected chi connectivity index (χ2v) is 4.67. The van der Waals surface area contributed by atoms with Crippen LogP contribution in [0.2, 0.25) is 0 Å². The van der Waals surface area contributed by atoms with Crippen molar-refractivity contribution in [3.63, 3.8) is 0 Å². The lowest BCUT2D eigenvalue weighted by Crippen LogP contribution is -2.51. The Balaban J connectivity index is 2.19. The van der Waals surface area contributed by atoms with E-state index in [9.17, 15) is 14.0 Å². The van der Waals surface area contributed by atoms with Gasteiger partial charge in [-0.15, -0.1) is 0 Å². The molecule has 1 fully saturated rings. The average molecular weight is 301 g/mol. The number of hydrogen-bond donors (Lipinski definition) is 1. The molecule has 1 N–H and O–H groups in total. The zero-order valence-electron chi connectivity index (χ0n) is 8.87. The second-order valence-electron chi connectivity index (χ2n) is 3.75. The first-order chi connectivity index (χ1) is 8.06. The first-order valence-corrected chi connectivity index (χ1v) is 5.84. The number of piperazine rings is 1. The minimum Gasteiger partial charge on any atom is -0.300 e. The van der Waals surface area contributed by atoms with E-state index in [2.05, 4.69) is 21.2 Å². The van der Waals surface area contributed by atoms with Crippen LogP contribution in [0, 0.1) is 5.82 Å². The molecule has 0 radical (unpaired) electrons. The lowest BCUT2D eigenvalue weighted by atomic mass is 10.2. The van der Waals surface area contributed by atoms with E-state index in [0.717, 1.165) is 4.90 Å². The third-order valence-corrected chi connectivity index (χ3v) is 2.88. The molecule has 0 spiro atoms. The van der Waals surface area contributed by atoms with Gasteiger partial charge in [-0.1, -0.05) is 15.9 Å². The van der Waals surface area contributed by atoms with Gasteiger partial charge in [-0.3, -0.25) is 19.8 Å². The number of nitrogens with one attached hydrogen (secondary N) is 1. The third-order valence-electron chi connectivity index (χ3n) is 2.42. The predicted octanol–water partition coefficient (Wildman–Crippen LogP) is 1.05. The lowest BCUT2D eigenvalue weighted by molar-refractivity contribution is -0.147. The molecule has 0 unspecified atom stereocenters. The second kappa shape index (κ2) is 4.93. The number of rotatable bonds is 2. The van der Waals surface area contributed by atoms with Crippen molar-refractivity contribution in [2.45, 2.75) is 6.54 Å². The minimum atomic E-state index is -0.399. The molecule has 1 aliphatic heterocycles. The van der Waals surface area contributed by atoms with Gasteiger partial charge < -0.3 is 0 Å². The normalized spacial score (nSPS) is 16.5. The highest BCUT2D eigenvalue weighted by molar-refractivity contribution is 9.10. The largest absolute Gasteiger partial charge is 0.300 e. The van der Waals surface area contributed by atoms with Gasteiger partial charge in [-0.2, -0.15) is 0 Å². The summed E-state index contributed by atoms with van der Waals surface area (Å²) in [5, 5.41) is 2.70. The first kappa shape index (κ1) is 12.2. The lowest BCUT2D eigenvalue weighted by Gasteiger charge is -2.25. The van der Waals surface area contributed by atoms with Gasteiger partial charge in [-0.25, -0.2) is 4.39 Å². The minimum absolute atomic E-state index is 0.107. The highest BCUT2D eigenvalue weighted by Crippen LogP contribution is 2.17. The van der Waals surface area contributed by atoms with Crippen molar-refractivity contribution in [2.24, 2.45) is 0 Å². The molecular formula is C11H10BrFN2O2. The van der Waals surface area contributed by atoms with Crippen LogP contribution in [0.5, 0.6) is 0 Å². The Morgan fingerprint density at radius 3 is 2.47 bits per heavy atom. The van der Waals surface area contributed by atoms with Gasteiger partial charge in [0.25, 0.3) is 0 Å². The van der Waals surface area contributed by atoms with E-state index < -0.39 is 5.82 Å². The van der Waals surface area contributed by atoms with Gasteiger partial charge in [0.05, 0.1) is 19.6 Å². The van der Waals surface area contributed by atoms with Crippen LogP contribution in [-0.2, 0) is 16.1 Å². The Labute approximate surface area is 106 Å². The van der Waals surface area contributed by atoms with Gasteiger partial charge in [0, 0.05) is 4.47 Å². The number of benzene rings is 1. The summed E-state index contributed by atoms with van der Waals surface area (Å²) >= 11 is 3.17. The van der Waals surface area contributed by atoms with Gasteiger partial charge >= 0.3 is 0 Å². The zero-order valence-corrected chi connectivity index (χ0v) is 10.5. The number of imide groups is 1. The van der Waals surface area contributed by atoms with E-state index in [1.807, 2.05) is 0 Å². The highest BCUT2D eigenvalue weighted by Gasteiger charge is 2.25. The van der Waals surface area contributed by atoms with Crippen LogP contribution in [0.1, 0.15) is 5.56 Å². The van der Waals surface area contributed by atoms with Gasteiger partial charge in [0.2, 0.25) is 11.8 Å². The van der Waals surface area contributed by atoms with Crippen LogP contribution < -0.4 is 5.32 Å². The van der Waals surface area contributed by atoms with E-state index in [0.29, 0.717) is 10.0 Å². The number of amides is 2. The van der Waals surface area contributed by atoms with Crippen LogP contribution in [0.4, 0.5) is 4.39 Å². The molecule has 4 nitrogen and oxygen atoms in total. The summed E-state index contributed by atoms with van der Waals surface area (Å²) in [5.41, 5.74) is 0.584. The molecule has 17 heavy (non-hydrogen) atoms. The SMILES string of the molecule is O=C1CNCC(=O)N1Cc1cc(F)cc(Br)c1. The number of carbonyl (C=O) groups excluding carboxylic acids is 2. The van der Waals surface area contributed by atoms with Crippen LogP contribution >= 0.6 is 15.9 Å². The van der Waals surface area contributed by atoms with E-state index in [4.69, 9.17) is 0 Å². The molecule has 0 atom stereocenters. The maximum Gasteiger partial charge on any atom is 0.243 e. The Morgan fingerprint density at radius 2 is 1.88 bits per heavy atom. The smallest absolute Gasteiger partial charge is 0.243 e. The molecule has 2 amide bonds. The van der Waals surface area contributed by atoms with Crippen molar-refractivity contribution in [1.82, 2.24) is 10.2 Å². The molecule has 90 valence electrons. The molecule has 1 saturated heterocycles. The van der Waals surface area contributed by atoms with E-state index in [1.54, 1.807) is 6.07 Å². The molecule has 0 aromatic heterocycles. The summed E-state index contributed by atoms with van der Waals surface area (Å²) in [7, 11) is 0. The highest BCUT2D eigenvalue weighted by atomic mass is 79.9. The monoisotopic (exact) mass is 300 g/mol. The van der Waals surface area contributed by atoms with Crippen LogP contribution in [0.25, 0.3) is 0 Å². The van der Waals surface area contributed by atoms with Gasteiger partial charge in [0.15, 0.2) is 0 Å². The maximum atomic E-state index is 13.1. The van der Waals surface area contributed by atoms with Crippen molar-refractivity contribution in [2.75, 3.05) is 13.1 Å². The van der Waals surface area contributed by atoms with Crippen LogP contribution in [-0.4, -0.2) is 29.8 Å². The fraction of sp³-hybridized carbons (Fsp3) is 0.273. The Morgan fingerprint density at radius 1 is 1.24 bits per heavy atom. The molecule has 1 aromatic rings. The quantitative estimate of drug-likeness (QED) is 0.831. The van der Waals surface area contributed by atoms with Crippen molar-refractivity contribution in [3.05, 3.63) is 34.1 Å². The van der Waals surface area contributed by atoms with E-state index in [1.165, 1.54) is 12.1 Å². The molecule has 0 aliphatic carbocycles. The van der Waals surface area contributed by atoms with E-state index in [-0.39, 0.29) is 31.4 Å². The molecule has 0 bridgehead atoms. The van der Waals surface area contributed by atoms with Crippen molar-refractivity contribution in [1.29, 1.82) is 0 Å². The maximum absolute atomic E-state index is 13.1. The Bertz CT molecular complexity index is 442.